The van der Waals surface area contributed by atoms with Gasteiger partial charge in [0.25, 0.3) is 0 Å². The summed E-state index contributed by atoms with van der Waals surface area (Å²) in [6.45, 7) is 3.59. The molecular formula is C12H14FNO3. The standard InChI is InChI=1S/C12H14FNO3/c1-3-7(2)11(15)14-10-5-4-8(12(16)17)6-9(10)13/h4-7H,3H2,1-2H3,(H,14,15)(H,16,17). The molecule has 0 spiro atoms. The first-order valence-electron chi connectivity index (χ1n) is 5.29. The number of amides is 1. The number of carboxylic acids is 1. The van der Waals surface area contributed by atoms with Gasteiger partial charge in [0.1, 0.15) is 5.82 Å². The molecule has 1 aromatic carbocycles. The maximum absolute atomic E-state index is 13.5. The van der Waals surface area contributed by atoms with Crippen LogP contribution in [0.1, 0.15) is 30.6 Å². The molecular weight excluding hydrogens is 225 g/mol. The van der Waals surface area contributed by atoms with Crippen LogP contribution in [0.2, 0.25) is 0 Å². The first kappa shape index (κ1) is 13.2. The lowest BCUT2D eigenvalue weighted by molar-refractivity contribution is -0.119. The Morgan fingerprint density at radius 3 is 2.59 bits per heavy atom. The van der Waals surface area contributed by atoms with Gasteiger partial charge < -0.3 is 10.4 Å². The first-order valence-corrected chi connectivity index (χ1v) is 5.29. The molecule has 4 nitrogen and oxygen atoms in total. The van der Waals surface area contributed by atoms with E-state index in [-0.39, 0.29) is 23.1 Å². The summed E-state index contributed by atoms with van der Waals surface area (Å²) in [4.78, 5) is 22.1. The fourth-order valence-corrected chi connectivity index (χ4v) is 1.19. The van der Waals surface area contributed by atoms with E-state index in [2.05, 4.69) is 5.32 Å². The second kappa shape index (κ2) is 5.43. The van der Waals surface area contributed by atoms with Crippen molar-refractivity contribution in [2.24, 2.45) is 5.92 Å². The highest BCUT2D eigenvalue weighted by atomic mass is 19.1. The second-order valence-electron chi connectivity index (χ2n) is 3.80. The van der Waals surface area contributed by atoms with Crippen LogP contribution in [0.3, 0.4) is 0 Å². The van der Waals surface area contributed by atoms with Gasteiger partial charge in [-0.3, -0.25) is 4.79 Å². The van der Waals surface area contributed by atoms with Gasteiger partial charge in [-0.25, -0.2) is 9.18 Å². The minimum Gasteiger partial charge on any atom is -0.478 e. The average Bonchev–Trinajstić information content (AvgIpc) is 2.30. The first-order chi connectivity index (χ1) is 7.95. The minimum atomic E-state index is -1.20. The lowest BCUT2D eigenvalue weighted by atomic mass is 10.1. The van der Waals surface area contributed by atoms with Crippen molar-refractivity contribution in [3.05, 3.63) is 29.6 Å². The summed E-state index contributed by atoms with van der Waals surface area (Å²) >= 11 is 0. The molecule has 0 saturated heterocycles. The SMILES string of the molecule is CCC(C)C(=O)Nc1ccc(C(=O)O)cc1F. The van der Waals surface area contributed by atoms with Crippen LogP contribution in [-0.4, -0.2) is 17.0 Å². The average molecular weight is 239 g/mol. The monoisotopic (exact) mass is 239 g/mol. The van der Waals surface area contributed by atoms with Gasteiger partial charge in [-0.1, -0.05) is 13.8 Å². The van der Waals surface area contributed by atoms with E-state index in [4.69, 9.17) is 5.11 Å². The van der Waals surface area contributed by atoms with Crippen LogP contribution < -0.4 is 5.32 Å². The van der Waals surface area contributed by atoms with E-state index in [0.717, 1.165) is 6.07 Å². The molecule has 17 heavy (non-hydrogen) atoms. The van der Waals surface area contributed by atoms with Crippen LogP contribution in [0.4, 0.5) is 10.1 Å². The molecule has 2 N–H and O–H groups in total. The van der Waals surface area contributed by atoms with E-state index in [1.165, 1.54) is 12.1 Å². The van der Waals surface area contributed by atoms with Crippen molar-refractivity contribution in [2.75, 3.05) is 5.32 Å². The highest BCUT2D eigenvalue weighted by Crippen LogP contribution is 2.17. The Bertz CT molecular complexity index is 445. The molecule has 1 atom stereocenters. The van der Waals surface area contributed by atoms with Crippen molar-refractivity contribution >= 4 is 17.6 Å². The van der Waals surface area contributed by atoms with Gasteiger partial charge in [-0.15, -0.1) is 0 Å². The van der Waals surface area contributed by atoms with Crippen LogP contribution in [0.25, 0.3) is 0 Å². The predicted octanol–water partition coefficient (Wildman–Crippen LogP) is 2.51. The van der Waals surface area contributed by atoms with Crippen molar-refractivity contribution in [1.29, 1.82) is 0 Å². The Morgan fingerprint density at radius 1 is 1.47 bits per heavy atom. The molecule has 1 aromatic rings. The topological polar surface area (TPSA) is 66.4 Å². The van der Waals surface area contributed by atoms with E-state index in [1.807, 2.05) is 6.92 Å². The van der Waals surface area contributed by atoms with E-state index in [9.17, 15) is 14.0 Å². The number of carbonyl (C=O) groups excluding carboxylic acids is 1. The lowest BCUT2D eigenvalue weighted by Crippen LogP contribution is -2.20. The Morgan fingerprint density at radius 2 is 2.12 bits per heavy atom. The zero-order valence-corrected chi connectivity index (χ0v) is 9.66. The van der Waals surface area contributed by atoms with Gasteiger partial charge >= 0.3 is 5.97 Å². The van der Waals surface area contributed by atoms with Gasteiger partial charge in [0.15, 0.2) is 0 Å². The molecule has 1 rings (SSSR count). The van der Waals surface area contributed by atoms with Crippen molar-refractivity contribution in [3.8, 4) is 0 Å². The summed E-state index contributed by atoms with van der Waals surface area (Å²) in [5.74, 6) is -2.45. The van der Waals surface area contributed by atoms with Gasteiger partial charge in [-0.2, -0.15) is 0 Å². The zero-order chi connectivity index (χ0) is 13.0. The summed E-state index contributed by atoms with van der Waals surface area (Å²) in [6, 6.07) is 3.38. The third-order valence-corrected chi connectivity index (χ3v) is 2.53. The molecule has 1 unspecified atom stereocenters. The van der Waals surface area contributed by atoms with Crippen molar-refractivity contribution in [1.82, 2.24) is 0 Å². The van der Waals surface area contributed by atoms with E-state index >= 15 is 0 Å². The van der Waals surface area contributed by atoms with Crippen LogP contribution in [-0.2, 0) is 4.79 Å². The van der Waals surface area contributed by atoms with E-state index in [1.54, 1.807) is 6.92 Å². The smallest absolute Gasteiger partial charge is 0.335 e. The van der Waals surface area contributed by atoms with Crippen LogP contribution in [0.15, 0.2) is 18.2 Å². The molecule has 0 saturated carbocycles. The number of aromatic carboxylic acids is 1. The molecule has 5 heteroatoms. The Labute approximate surface area is 98.5 Å². The zero-order valence-electron chi connectivity index (χ0n) is 9.66. The number of carboxylic acid groups (broad SMARTS) is 1. The molecule has 0 radical (unpaired) electrons. The van der Waals surface area contributed by atoms with E-state index < -0.39 is 11.8 Å². The van der Waals surface area contributed by atoms with Crippen molar-refractivity contribution in [2.45, 2.75) is 20.3 Å². The maximum atomic E-state index is 13.5. The fraction of sp³-hybridized carbons (Fsp3) is 0.333. The Hall–Kier alpha value is -1.91. The number of hydrogen-bond donors (Lipinski definition) is 2. The van der Waals surface area contributed by atoms with Gasteiger partial charge in [0.2, 0.25) is 5.91 Å². The molecule has 0 aliphatic rings. The van der Waals surface area contributed by atoms with E-state index in [0.29, 0.717) is 6.42 Å². The fourth-order valence-electron chi connectivity index (χ4n) is 1.19. The second-order valence-corrected chi connectivity index (χ2v) is 3.80. The number of benzene rings is 1. The maximum Gasteiger partial charge on any atom is 0.335 e. The molecule has 1 amide bonds. The molecule has 0 fully saturated rings. The predicted molar refractivity (Wildman–Crippen MR) is 61.4 cm³/mol. The highest BCUT2D eigenvalue weighted by Gasteiger charge is 2.14. The Kier molecular flexibility index (Phi) is 4.20. The molecule has 0 aliphatic carbocycles. The van der Waals surface area contributed by atoms with Crippen LogP contribution in [0, 0.1) is 11.7 Å². The summed E-state index contributed by atoms with van der Waals surface area (Å²) < 4.78 is 13.5. The number of nitrogens with one attached hydrogen (secondary N) is 1. The Balaban J connectivity index is 2.86. The number of rotatable bonds is 4. The largest absolute Gasteiger partial charge is 0.478 e. The quantitative estimate of drug-likeness (QED) is 0.848. The number of anilines is 1. The van der Waals surface area contributed by atoms with Gasteiger partial charge in [0.05, 0.1) is 11.3 Å². The van der Waals surface area contributed by atoms with Gasteiger partial charge in [0, 0.05) is 5.92 Å². The van der Waals surface area contributed by atoms with Crippen LogP contribution >= 0.6 is 0 Å². The summed E-state index contributed by atoms with van der Waals surface area (Å²) in [7, 11) is 0. The summed E-state index contributed by atoms with van der Waals surface area (Å²) in [5, 5.41) is 11.1. The highest BCUT2D eigenvalue weighted by molar-refractivity contribution is 5.93. The lowest BCUT2D eigenvalue weighted by Gasteiger charge is -2.10. The molecule has 0 heterocycles. The molecule has 0 aliphatic heterocycles. The van der Waals surface area contributed by atoms with Crippen molar-refractivity contribution in [3.63, 3.8) is 0 Å². The third-order valence-electron chi connectivity index (χ3n) is 2.53. The summed E-state index contributed by atoms with van der Waals surface area (Å²) in [6.07, 6.45) is 0.653. The van der Waals surface area contributed by atoms with Gasteiger partial charge in [-0.05, 0) is 24.6 Å². The number of carbonyl (C=O) groups is 2. The normalized spacial score (nSPS) is 11.9. The summed E-state index contributed by atoms with van der Waals surface area (Å²) in [5.41, 5.74) is -0.149. The molecule has 0 aromatic heterocycles. The molecule has 0 bridgehead atoms. The van der Waals surface area contributed by atoms with Crippen molar-refractivity contribution < 1.29 is 19.1 Å². The third kappa shape index (κ3) is 3.27. The molecule has 92 valence electrons. The van der Waals surface area contributed by atoms with Crippen LogP contribution in [0.5, 0.6) is 0 Å². The number of halogens is 1. The number of hydrogen-bond acceptors (Lipinski definition) is 2. The minimum absolute atomic E-state index is 0.000278.